The van der Waals surface area contributed by atoms with E-state index in [0.717, 1.165) is 4.88 Å². The molecule has 0 atom stereocenters. The second-order valence-corrected chi connectivity index (χ2v) is 5.92. The monoisotopic (exact) mass is 322 g/mol. The Morgan fingerprint density at radius 2 is 2.27 bits per heavy atom. The highest BCUT2D eigenvalue weighted by Crippen LogP contribution is 2.14. The van der Waals surface area contributed by atoms with Gasteiger partial charge in [-0.15, -0.1) is 11.3 Å². The average Bonchev–Trinajstić information content (AvgIpc) is 3.10. The molecule has 2 rings (SSSR count). The SMILES string of the molecule is CN(CCC(=O)O)CC(=O)Nc1ccnn1Cc1cccs1. The largest absolute Gasteiger partial charge is 0.481 e. The number of aliphatic carboxylic acids is 1. The zero-order chi connectivity index (χ0) is 15.9. The summed E-state index contributed by atoms with van der Waals surface area (Å²) in [7, 11) is 1.71. The van der Waals surface area contributed by atoms with Crippen LogP contribution in [0.15, 0.2) is 29.8 Å². The lowest BCUT2D eigenvalue weighted by Gasteiger charge is -2.15. The minimum atomic E-state index is -0.874. The third-order valence-electron chi connectivity index (χ3n) is 2.99. The number of rotatable bonds is 8. The summed E-state index contributed by atoms with van der Waals surface area (Å²) in [6.45, 7) is 1.07. The zero-order valence-corrected chi connectivity index (χ0v) is 13.0. The Kier molecular flexibility index (Phi) is 5.68. The Morgan fingerprint density at radius 1 is 1.45 bits per heavy atom. The molecule has 2 N–H and O–H groups in total. The average molecular weight is 322 g/mol. The van der Waals surface area contributed by atoms with E-state index in [4.69, 9.17) is 5.11 Å². The number of carbonyl (C=O) groups is 2. The summed E-state index contributed by atoms with van der Waals surface area (Å²) in [5.41, 5.74) is 0. The topological polar surface area (TPSA) is 87.5 Å². The Labute approximate surface area is 132 Å². The molecule has 0 unspecified atom stereocenters. The van der Waals surface area contributed by atoms with Crippen LogP contribution >= 0.6 is 11.3 Å². The highest BCUT2D eigenvalue weighted by molar-refractivity contribution is 7.09. The molecule has 0 spiro atoms. The minimum absolute atomic E-state index is 0.0140. The molecule has 2 aromatic rings. The lowest BCUT2D eigenvalue weighted by molar-refractivity contribution is -0.137. The molecule has 0 aliphatic rings. The van der Waals surface area contributed by atoms with Gasteiger partial charge in [0.05, 0.1) is 25.7 Å². The van der Waals surface area contributed by atoms with Gasteiger partial charge in [0.25, 0.3) is 0 Å². The number of carboxylic acids is 1. The van der Waals surface area contributed by atoms with Gasteiger partial charge in [-0.25, -0.2) is 4.68 Å². The van der Waals surface area contributed by atoms with Crippen molar-refractivity contribution in [3.8, 4) is 0 Å². The predicted octanol–water partition coefficient (Wildman–Crippen LogP) is 1.34. The van der Waals surface area contributed by atoms with Crippen molar-refractivity contribution in [3.63, 3.8) is 0 Å². The highest BCUT2D eigenvalue weighted by atomic mass is 32.1. The van der Waals surface area contributed by atoms with Crippen LogP contribution in [0.5, 0.6) is 0 Å². The first kappa shape index (κ1) is 16.2. The van der Waals surface area contributed by atoms with E-state index in [2.05, 4.69) is 10.4 Å². The Morgan fingerprint density at radius 3 is 2.95 bits per heavy atom. The zero-order valence-electron chi connectivity index (χ0n) is 12.2. The van der Waals surface area contributed by atoms with Gasteiger partial charge in [0.1, 0.15) is 5.82 Å². The molecule has 0 saturated carbocycles. The molecule has 1 amide bonds. The van der Waals surface area contributed by atoms with Crippen molar-refractivity contribution >= 4 is 29.0 Å². The van der Waals surface area contributed by atoms with Crippen LogP contribution < -0.4 is 5.32 Å². The molecular formula is C14H18N4O3S. The minimum Gasteiger partial charge on any atom is -0.481 e. The van der Waals surface area contributed by atoms with Gasteiger partial charge in [0.2, 0.25) is 5.91 Å². The van der Waals surface area contributed by atoms with Crippen molar-refractivity contribution in [2.45, 2.75) is 13.0 Å². The molecule has 0 aliphatic carbocycles. The van der Waals surface area contributed by atoms with E-state index in [9.17, 15) is 9.59 Å². The number of carbonyl (C=O) groups excluding carboxylic acids is 1. The van der Waals surface area contributed by atoms with E-state index < -0.39 is 5.97 Å². The molecular weight excluding hydrogens is 304 g/mol. The van der Waals surface area contributed by atoms with Gasteiger partial charge in [-0.05, 0) is 18.5 Å². The molecule has 22 heavy (non-hydrogen) atoms. The maximum Gasteiger partial charge on any atom is 0.304 e. The van der Waals surface area contributed by atoms with Crippen LogP contribution in [0.1, 0.15) is 11.3 Å². The molecule has 0 aliphatic heterocycles. The lowest BCUT2D eigenvalue weighted by atomic mass is 10.4. The van der Waals surface area contributed by atoms with Crippen molar-refractivity contribution in [2.75, 3.05) is 25.5 Å². The maximum atomic E-state index is 12.0. The third-order valence-corrected chi connectivity index (χ3v) is 3.85. The fourth-order valence-electron chi connectivity index (χ4n) is 1.91. The Hall–Kier alpha value is -2.19. The first-order valence-corrected chi connectivity index (χ1v) is 7.67. The first-order valence-electron chi connectivity index (χ1n) is 6.79. The Bertz CT molecular complexity index is 624. The maximum absolute atomic E-state index is 12.0. The van der Waals surface area contributed by atoms with Gasteiger partial charge in [-0.2, -0.15) is 5.10 Å². The molecule has 2 aromatic heterocycles. The second-order valence-electron chi connectivity index (χ2n) is 4.88. The summed E-state index contributed by atoms with van der Waals surface area (Å²) in [4.78, 5) is 25.3. The molecule has 8 heteroatoms. The van der Waals surface area contributed by atoms with E-state index >= 15 is 0 Å². The van der Waals surface area contributed by atoms with Crippen molar-refractivity contribution in [3.05, 3.63) is 34.7 Å². The van der Waals surface area contributed by atoms with Crippen LogP contribution in [0.25, 0.3) is 0 Å². The van der Waals surface area contributed by atoms with Gasteiger partial charge in [0, 0.05) is 17.5 Å². The third kappa shape index (κ3) is 4.97. The fourth-order valence-corrected chi connectivity index (χ4v) is 2.59. The van der Waals surface area contributed by atoms with Crippen molar-refractivity contribution in [1.29, 1.82) is 0 Å². The molecule has 118 valence electrons. The van der Waals surface area contributed by atoms with E-state index in [0.29, 0.717) is 18.9 Å². The number of nitrogens with one attached hydrogen (secondary N) is 1. The normalized spacial score (nSPS) is 10.8. The summed E-state index contributed by atoms with van der Waals surface area (Å²) in [6, 6.07) is 5.72. The summed E-state index contributed by atoms with van der Waals surface area (Å²) in [6.07, 6.45) is 1.65. The summed E-state index contributed by atoms with van der Waals surface area (Å²) >= 11 is 1.63. The molecule has 2 heterocycles. The summed E-state index contributed by atoms with van der Waals surface area (Å²) < 4.78 is 1.72. The van der Waals surface area contributed by atoms with Gasteiger partial charge in [-0.1, -0.05) is 6.07 Å². The first-order chi connectivity index (χ1) is 10.5. The number of anilines is 1. The predicted molar refractivity (Wildman–Crippen MR) is 84.0 cm³/mol. The van der Waals surface area contributed by atoms with Crippen LogP contribution in [0.3, 0.4) is 0 Å². The smallest absolute Gasteiger partial charge is 0.304 e. The molecule has 0 fully saturated rings. The second kappa shape index (κ2) is 7.71. The van der Waals surface area contributed by atoms with Crippen LogP contribution in [0, 0.1) is 0 Å². The number of aromatic nitrogens is 2. The van der Waals surface area contributed by atoms with E-state index in [-0.39, 0.29) is 18.9 Å². The van der Waals surface area contributed by atoms with Crippen LogP contribution in [0.2, 0.25) is 0 Å². The van der Waals surface area contributed by atoms with Gasteiger partial charge < -0.3 is 10.4 Å². The number of nitrogens with zero attached hydrogens (tertiary/aromatic N) is 3. The van der Waals surface area contributed by atoms with Crippen molar-refractivity contribution in [2.24, 2.45) is 0 Å². The number of hydrogen-bond donors (Lipinski definition) is 2. The number of amides is 1. The van der Waals surface area contributed by atoms with E-state index in [1.54, 1.807) is 40.2 Å². The van der Waals surface area contributed by atoms with Crippen molar-refractivity contribution in [1.82, 2.24) is 14.7 Å². The highest BCUT2D eigenvalue weighted by Gasteiger charge is 2.11. The van der Waals surface area contributed by atoms with Crippen LogP contribution in [-0.4, -0.2) is 51.8 Å². The number of hydrogen-bond acceptors (Lipinski definition) is 5. The fraction of sp³-hybridized carbons (Fsp3) is 0.357. The molecule has 7 nitrogen and oxygen atoms in total. The van der Waals surface area contributed by atoms with Crippen LogP contribution in [0.4, 0.5) is 5.82 Å². The van der Waals surface area contributed by atoms with Crippen LogP contribution in [-0.2, 0) is 16.1 Å². The van der Waals surface area contributed by atoms with Crippen molar-refractivity contribution < 1.29 is 14.7 Å². The summed E-state index contributed by atoms with van der Waals surface area (Å²) in [5, 5.41) is 17.6. The van der Waals surface area contributed by atoms with E-state index in [1.807, 2.05) is 17.5 Å². The quantitative estimate of drug-likeness (QED) is 0.766. The molecule has 0 radical (unpaired) electrons. The number of likely N-dealkylation sites (N-methyl/N-ethyl adjacent to an activating group) is 1. The van der Waals surface area contributed by atoms with Gasteiger partial charge in [-0.3, -0.25) is 14.5 Å². The lowest BCUT2D eigenvalue weighted by Crippen LogP contribution is -2.32. The van der Waals surface area contributed by atoms with Gasteiger partial charge >= 0.3 is 5.97 Å². The molecule has 0 saturated heterocycles. The Balaban J connectivity index is 1.86. The number of carboxylic acid groups (broad SMARTS) is 1. The van der Waals surface area contributed by atoms with Gasteiger partial charge in [0.15, 0.2) is 0 Å². The summed E-state index contributed by atoms with van der Waals surface area (Å²) in [5.74, 6) is -0.438. The molecule has 0 aromatic carbocycles. The standard InChI is InChI=1S/C14H18N4O3S/c1-17(7-5-14(20)21)10-13(19)16-12-4-6-15-18(12)9-11-3-2-8-22-11/h2-4,6,8H,5,7,9-10H2,1H3,(H,16,19)(H,20,21). The molecule has 0 bridgehead atoms. The number of thiophene rings is 1. The van der Waals surface area contributed by atoms with E-state index in [1.165, 1.54) is 0 Å².